The van der Waals surface area contributed by atoms with E-state index in [0.29, 0.717) is 12.3 Å². The van der Waals surface area contributed by atoms with Crippen LogP contribution in [0.3, 0.4) is 0 Å². The van der Waals surface area contributed by atoms with Gasteiger partial charge in [-0.1, -0.05) is 33.8 Å². The first-order valence-corrected chi connectivity index (χ1v) is 9.12. The van der Waals surface area contributed by atoms with E-state index < -0.39 is 0 Å². The zero-order chi connectivity index (χ0) is 14.5. The minimum absolute atomic E-state index is 0.0730. The molecular formula is C15H28N3OP. The van der Waals surface area contributed by atoms with E-state index in [0.717, 1.165) is 40.4 Å². The number of hydrogen-bond acceptors (Lipinski definition) is 3. The Balaban J connectivity index is 0.000000704. The highest BCUT2D eigenvalue weighted by molar-refractivity contribution is 7.42. The fourth-order valence-electron chi connectivity index (χ4n) is 3.28. The monoisotopic (exact) mass is 297 g/mol. The molecule has 0 aromatic heterocycles. The maximum Gasteiger partial charge on any atom is 0.237 e. The molecular weight excluding hydrogens is 269 g/mol. The van der Waals surface area contributed by atoms with Crippen LogP contribution in [-0.4, -0.2) is 42.3 Å². The van der Waals surface area contributed by atoms with E-state index in [1.165, 1.54) is 12.8 Å². The van der Waals surface area contributed by atoms with Gasteiger partial charge < -0.3 is 11.1 Å². The van der Waals surface area contributed by atoms with Crippen LogP contribution in [0, 0.1) is 5.92 Å². The van der Waals surface area contributed by atoms with Crippen LogP contribution in [0.4, 0.5) is 0 Å². The van der Waals surface area contributed by atoms with E-state index in [9.17, 15) is 4.79 Å². The summed E-state index contributed by atoms with van der Waals surface area (Å²) in [5, 5.41) is 3.28. The zero-order valence-corrected chi connectivity index (χ0v) is 13.7. The van der Waals surface area contributed by atoms with Crippen LogP contribution in [-0.2, 0) is 4.79 Å². The number of fused-ring (bicyclic) bond motifs is 2. The lowest BCUT2D eigenvalue weighted by Gasteiger charge is -2.41. The number of carbonyl (C=O) groups is 1. The first-order chi connectivity index (χ1) is 9.78. The van der Waals surface area contributed by atoms with Crippen LogP contribution < -0.4 is 11.1 Å². The van der Waals surface area contributed by atoms with E-state index in [1.54, 1.807) is 5.57 Å². The fourth-order valence-corrected chi connectivity index (χ4v) is 4.66. The molecule has 4 rings (SSSR count). The molecule has 20 heavy (non-hydrogen) atoms. The van der Waals surface area contributed by atoms with Crippen molar-refractivity contribution in [2.24, 2.45) is 11.7 Å². The normalized spacial score (nSPS) is 33.0. The Bertz CT molecular complexity index is 364. The van der Waals surface area contributed by atoms with E-state index in [-0.39, 0.29) is 11.9 Å². The molecule has 0 aromatic rings. The van der Waals surface area contributed by atoms with Crippen molar-refractivity contribution in [3.05, 3.63) is 11.4 Å². The number of allylic oxidation sites excluding steroid dienone is 1. The summed E-state index contributed by atoms with van der Waals surface area (Å²) >= 11 is 0. The van der Waals surface area contributed by atoms with Crippen molar-refractivity contribution in [2.45, 2.75) is 51.4 Å². The molecule has 2 fully saturated rings. The summed E-state index contributed by atoms with van der Waals surface area (Å²) in [4.78, 5) is 14.6. The Morgan fingerprint density at radius 3 is 2.85 bits per heavy atom. The maximum atomic E-state index is 12.4. The first-order valence-electron chi connectivity index (χ1n) is 7.96. The number of amides is 1. The van der Waals surface area contributed by atoms with Gasteiger partial charge in [-0.3, -0.25) is 9.69 Å². The summed E-state index contributed by atoms with van der Waals surface area (Å²) < 4.78 is 0. The molecule has 1 saturated carbocycles. The van der Waals surface area contributed by atoms with Crippen molar-refractivity contribution >= 4 is 14.5 Å². The molecule has 4 aliphatic rings. The van der Waals surface area contributed by atoms with Crippen LogP contribution in [0.2, 0.25) is 0 Å². The molecule has 1 saturated heterocycles. The van der Waals surface area contributed by atoms with Crippen LogP contribution in [0.5, 0.6) is 0 Å². The third-order valence-electron chi connectivity index (χ3n) is 4.37. The van der Waals surface area contributed by atoms with Crippen molar-refractivity contribution in [2.75, 3.05) is 19.6 Å². The summed E-state index contributed by atoms with van der Waals surface area (Å²) in [5.74, 6) is 3.71. The fraction of sp³-hybridized carbons (Fsp3) is 0.800. The second-order valence-electron chi connectivity index (χ2n) is 5.61. The SMILES string of the molecule is CC.NCCN1CCCC1C(=O)NC1PC=C2CC1C2. The molecule has 5 heteroatoms. The summed E-state index contributed by atoms with van der Waals surface area (Å²) in [7, 11) is 0.788. The van der Waals surface area contributed by atoms with Crippen LogP contribution in [0.25, 0.3) is 0 Å². The Morgan fingerprint density at radius 1 is 1.50 bits per heavy atom. The second kappa shape index (κ2) is 7.53. The second-order valence-corrected chi connectivity index (χ2v) is 6.85. The standard InChI is InChI=1S/C13H22N3OP.C2H6/c14-3-5-16-4-1-2-11(16)12(17)15-13-10-6-9(7-10)8-18-13;1-2/h8,10-11,13,18H,1-7,14H2,(H,15,17);1-2H3. The molecule has 0 aromatic carbocycles. The highest BCUT2D eigenvalue weighted by Gasteiger charge is 2.37. The van der Waals surface area contributed by atoms with Gasteiger partial charge in [-0.15, -0.1) is 0 Å². The zero-order valence-electron chi connectivity index (χ0n) is 12.7. The van der Waals surface area contributed by atoms with Gasteiger partial charge in [0.1, 0.15) is 0 Å². The van der Waals surface area contributed by atoms with Crippen molar-refractivity contribution in [3.8, 4) is 0 Å². The molecule has 4 nitrogen and oxygen atoms in total. The van der Waals surface area contributed by atoms with Gasteiger partial charge in [0.05, 0.1) is 11.8 Å². The average molecular weight is 297 g/mol. The summed E-state index contributed by atoms with van der Waals surface area (Å²) in [6.07, 6.45) is 4.55. The van der Waals surface area contributed by atoms with Gasteiger partial charge in [0.15, 0.2) is 0 Å². The molecule has 0 spiro atoms. The van der Waals surface area contributed by atoms with Crippen molar-refractivity contribution < 1.29 is 4.79 Å². The molecule has 1 amide bonds. The van der Waals surface area contributed by atoms with E-state index in [1.807, 2.05) is 13.8 Å². The van der Waals surface area contributed by atoms with E-state index >= 15 is 0 Å². The number of nitrogens with one attached hydrogen (secondary N) is 1. The predicted octanol–water partition coefficient (Wildman–Crippen LogP) is 1.86. The minimum atomic E-state index is 0.0730. The van der Waals surface area contributed by atoms with E-state index in [2.05, 4.69) is 16.0 Å². The van der Waals surface area contributed by atoms with Gasteiger partial charge in [-0.05, 0) is 38.1 Å². The molecule has 3 N–H and O–H groups in total. The van der Waals surface area contributed by atoms with Gasteiger partial charge in [-0.2, -0.15) is 0 Å². The average Bonchev–Trinajstić information content (AvgIpc) is 2.89. The third-order valence-corrected chi connectivity index (χ3v) is 5.92. The number of nitrogens with two attached hydrogens (primary N) is 1. The Morgan fingerprint density at radius 2 is 2.25 bits per heavy atom. The first kappa shape index (κ1) is 15.9. The molecule has 2 bridgehead atoms. The van der Waals surface area contributed by atoms with Gasteiger partial charge in [0, 0.05) is 13.1 Å². The van der Waals surface area contributed by atoms with Gasteiger partial charge in [0.25, 0.3) is 0 Å². The topological polar surface area (TPSA) is 58.4 Å². The quantitative estimate of drug-likeness (QED) is 0.779. The Hall–Kier alpha value is -0.440. The highest BCUT2D eigenvalue weighted by atomic mass is 31.1. The molecule has 0 radical (unpaired) electrons. The van der Waals surface area contributed by atoms with Gasteiger partial charge in [-0.25, -0.2) is 0 Å². The smallest absolute Gasteiger partial charge is 0.237 e. The molecule has 3 atom stereocenters. The van der Waals surface area contributed by atoms with Crippen LogP contribution in [0.1, 0.15) is 39.5 Å². The molecule has 114 valence electrons. The molecule has 1 aliphatic carbocycles. The predicted molar refractivity (Wildman–Crippen MR) is 86.1 cm³/mol. The lowest BCUT2D eigenvalue weighted by Crippen LogP contribution is -2.50. The van der Waals surface area contributed by atoms with Crippen molar-refractivity contribution in [1.29, 1.82) is 0 Å². The van der Waals surface area contributed by atoms with E-state index in [4.69, 9.17) is 5.73 Å². The molecule has 3 aliphatic heterocycles. The Labute approximate surface area is 124 Å². The number of hydrogen-bond donors (Lipinski definition) is 2. The minimum Gasteiger partial charge on any atom is -0.348 e. The number of likely N-dealkylation sites (tertiary alicyclic amines) is 1. The lowest BCUT2D eigenvalue weighted by molar-refractivity contribution is -0.126. The maximum absolute atomic E-state index is 12.4. The van der Waals surface area contributed by atoms with Crippen LogP contribution in [0.15, 0.2) is 11.4 Å². The van der Waals surface area contributed by atoms with Crippen molar-refractivity contribution in [1.82, 2.24) is 10.2 Å². The van der Waals surface area contributed by atoms with Crippen molar-refractivity contribution in [3.63, 3.8) is 0 Å². The summed E-state index contributed by atoms with van der Waals surface area (Å²) in [6.45, 7) is 6.51. The highest BCUT2D eigenvalue weighted by Crippen LogP contribution is 2.48. The summed E-state index contributed by atoms with van der Waals surface area (Å²) in [5.41, 5.74) is 7.21. The number of rotatable bonds is 4. The largest absolute Gasteiger partial charge is 0.348 e. The number of nitrogens with zero attached hydrogens (tertiary/aromatic N) is 1. The van der Waals surface area contributed by atoms with Gasteiger partial charge in [0.2, 0.25) is 5.91 Å². The number of carbonyl (C=O) groups excluding carboxylic acids is 1. The third kappa shape index (κ3) is 3.41. The van der Waals surface area contributed by atoms with Gasteiger partial charge >= 0.3 is 0 Å². The summed E-state index contributed by atoms with van der Waals surface area (Å²) in [6, 6.07) is 0.0730. The van der Waals surface area contributed by atoms with Crippen LogP contribution >= 0.6 is 8.58 Å². The lowest BCUT2D eigenvalue weighted by atomic mass is 9.80. The Kier molecular flexibility index (Phi) is 6.01. The molecule has 3 unspecified atom stereocenters. The molecule has 3 heterocycles.